The van der Waals surface area contributed by atoms with Crippen molar-refractivity contribution in [2.24, 2.45) is 11.8 Å². The van der Waals surface area contributed by atoms with Gasteiger partial charge in [-0.3, -0.25) is 4.79 Å². The number of likely N-dealkylation sites (tertiary alicyclic amines) is 1. The van der Waals surface area contributed by atoms with Gasteiger partial charge >= 0.3 is 0 Å². The minimum atomic E-state index is 0.131. The molecule has 1 aromatic carbocycles. The smallest absolute Gasteiger partial charge is 0.256 e. The lowest BCUT2D eigenvalue weighted by Gasteiger charge is -2.47. The number of rotatable bonds is 1. The van der Waals surface area contributed by atoms with Gasteiger partial charge in [0.25, 0.3) is 5.91 Å². The van der Waals surface area contributed by atoms with Crippen LogP contribution in [0.5, 0.6) is 0 Å². The largest absolute Gasteiger partial charge is 0.398 e. The van der Waals surface area contributed by atoms with Gasteiger partial charge < -0.3 is 10.6 Å². The Bertz CT molecular complexity index is 500. The van der Waals surface area contributed by atoms with E-state index in [9.17, 15) is 4.79 Å². The van der Waals surface area contributed by atoms with Gasteiger partial charge in [0.05, 0.1) is 5.56 Å². The molecule has 1 aromatic rings. The average Bonchev–Trinajstić information content (AvgIpc) is 2.48. The fourth-order valence-electron chi connectivity index (χ4n) is 4.01. The van der Waals surface area contributed by atoms with Crippen molar-refractivity contribution < 1.29 is 4.79 Å². The second-order valence-electron chi connectivity index (χ2n) is 6.37. The van der Waals surface area contributed by atoms with E-state index < -0.39 is 0 Å². The van der Waals surface area contributed by atoms with Crippen molar-refractivity contribution in [3.8, 4) is 0 Å². The summed E-state index contributed by atoms with van der Waals surface area (Å²) in [5.41, 5.74) is 7.25. The van der Waals surface area contributed by atoms with Crippen molar-refractivity contribution in [1.29, 1.82) is 0 Å². The summed E-state index contributed by atoms with van der Waals surface area (Å²) in [6.45, 7) is 3.23. The van der Waals surface area contributed by atoms with Crippen LogP contribution in [-0.2, 0) is 0 Å². The fraction of sp³-hybridized carbons (Fsp3) is 0.588. The van der Waals surface area contributed by atoms with Crippen LogP contribution < -0.4 is 5.73 Å². The van der Waals surface area contributed by atoms with E-state index >= 15 is 0 Å². The van der Waals surface area contributed by atoms with E-state index in [0.717, 1.165) is 25.3 Å². The SMILES string of the molecule is CC1CCN(C(=O)c2ccccc2N)C2CCCCC12. The Hall–Kier alpha value is -1.51. The van der Waals surface area contributed by atoms with E-state index in [2.05, 4.69) is 11.8 Å². The molecular weight excluding hydrogens is 248 g/mol. The van der Waals surface area contributed by atoms with Gasteiger partial charge in [-0.2, -0.15) is 0 Å². The summed E-state index contributed by atoms with van der Waals surface area (Å²) < 4.78 is 0. The maximum absolute atomic E-state index is 12.8. The van der Waals surface area contributed by atoms with Crippen LogP contribution in [0.3, 0.4) is 0 Å². The molecule has 3 nitrogen and oxygen atoms in total. The molecule has 2 aliphatic rings. The molecule has 108 valence electrons. The third kappa shape index (κ3) is 2.30. The molecule has 0 bridgehead atoms. The van der Waals surface area contributed by atoms with Crippen molar-refractivity contribution in [2.45, 2.75) is 45.1 Å². The van der Waals surface area contributed by atoms with Crippen LogP contribution in [0.15, 0.2) is 24.3 Å². The average molecular weight is 272 g/mol. The Labute approximate surface area is 121 Å². The summed E-state index contributed by atoms with van der Waals surface area (Å²) in [5.74, 6) is 1.57. The van der Waals surface area contributed by atoms with E-state index in [1.807, 2.05) is 24.3 Å². The van der Waals surface area contributed by atoms with Crippen LogP contribution in [-0.4, -0.2) is 23.4 Å². The van der Waals surface area contributed by atoms with E-state index in [0.29, 0.717) is 23.2 Å². The number of nitrogens with two attached hydrogens (primary N) is 1. The molecule has 2 N–H and O–H groups in total. The van der Waals surface area contributed by atoms with Crippen LogP contribution in [0.4, 0.5) is 5.69 Å². The number of carbonyl (C=O) groups excluding carboxylic acids is 1. The summed E-state index contributed by atoms with van der Waals surface area (Å²) in [7, 11) is 0. The Kier molecular flexibility index (Phi) is 3.68. The molecule has 1 saturated carbocycles. The monoisotopic (exact) mass is 272 g/mol. The first kappa shape index (κ1) is 13.5. The molecule has 1 amide bonds. The van der Waals surface area contributed by atoms with Gasteiger partial charge in [0, 0.05) is 18.3 Å². The first-order valence-electron chi connectivity index (χ1n) is 7.84. The zero-order valence-electron chi connectivity index (χ0n) is 12.2. The highest BCUT2D eigenvalue weighted by atomic mass is 16.2. The Morgan fingerprint density at radius 1 is 1.20 bits per heavy atom. The van der Waals surface area contributed by atoms with Gasteiger partial charge in [0.1, 0.15) is 0 Å². The number of nitrogen functional groups attached to an aromatic ring is 1. The van der Waals surface area contributed by atoms with E-state index in [4.69, 9.17) is 5.73 Å². The number of piperidine rings is 1. The lowest BCUT2D eigenvalue weighted by Crippen LogP contribution is -2.52. The van der Waals surface area contributed by atoms with Crippen molar-refractivity contribution in [1.82, 2.24) is 4.90 Å². The zero-order chi connectivity index (χ0) is 14.1. The number of amides is 1. The molecule has 3 atom stereocenters. The number of benzene rings is 1. The highest BCUT2D eigenvalue weighted by Crippen LogP contribution is 2.39. The molecule has 0 radical (unpaired) electrons. The number of para-hydroxylation sites is 1. The molecule has 3 unspecified atom stereocenters. The maximum atomic E-state index is 12.8. The predicted octanol–water partition coefficient (Wildman–Crippen LogP) is 3.31. The van der Waals surface area contributed by atoms with E-state index in [-0.39, 0.29) is 5.91 Å². The van der Waals surface area contributed by atoms with E-state index in [1.165, 1.54) is 19.3 Å². The van der Waals surface area contributed by atoms with Crippen LogP contribution in [0.25, 0.3) is 0 Å². The quantitative estimate of drug-likeness (QED) is 0.797. The van der Waals surface area contributed by atoms with Gasteiger partial charge in [-0.05, 0) is 43.2 Å². The molecular formula is C17H24N2O. The van der Waals surface area contributed by atoms with Crippen LogP contribution in [0.1, 0.15) is 49.4 Å². The number of hydrogen-bond acceptors (Lipinski definition) is 2. The summed E-state index contributed by atoms with van der Waals surface area (Å²) in [6, 6.07) is 7.88. The van der Waals surface area contributed by atoms with E-state index in [1.54, 1.807) is 0 Å². The van der Waals surface area contributed by atoms with Crippen LogP contribution in [0.2, 0.25) is 0 Å². The van der Waals surface area contributed by atoms with Crippen LogP contribution >= 0.6 is 0 Å². The molecule has 1 saturated heterocycles. The zero-order valence-corrected chi connectivity index (χ0v) is 12.2. The highest BCUT2D eigenvalue weighted by molar-refractivity contribution is 5.99. The molecule has 0 spiro atoms. The third-order valence-corrected chi connectivity index (χ3v) is 5.19. The second kappa shape index (κ2) is 5.47. The first-order chi connectivity index (χ1) is 9.68. The molecule has 2 fully saturated rings. The van der Waals surface area contributed by atoms with Gasteiger partial charge in [-0.25, -0.2) is 0 Å². The molecule has 0 aromatic heterocycles. The summed E-state index contributed by atoms with van der Waals surface area (Å²) in [4.78, 5) is 14.9. The molecule has 1 heterocycles. The summed E-state index contributed by atoms with van der Waals surface area (Å²) in [5, 5.41) is 0. The van der Waals surface area contributed by atoms with Crippen molar-refractivity contribution in [3.63, 3.8) is 0 Å². The predicted molar refractivity (Wildman–Crippen MR) is 81.4 cm³/mol. The Morgan fingerprint density at radius 2 is 1.95 bits per heavy atom. The highest BCUT2D eigenvalue weighted by Gasteiger charge is 2.39. The van der Waals surface area contributed by atoms with Gasteiger partial charge in [-0.15, -0.1) is 0 Å². The third-order valence-electron chi connectivity index (χ3n) is 5.19. The lowest BCUT2D eigenvalue weighted by molar-refractivity contribution is 0.0218. The second-order valence-corrected chi connectivity index (χ2v) is 6.37. The number of anilines is 1. The molecule has 3 heteroatoms. The Morgan fingerprint density at radius 3 is 2.75 bits per heavy atom. The molecule has 1 aliphatic carbocycles. The normalized spacial score (nSPS) is 29.9. The molecule has 1 aliphatic heterocycles. The van der Waals surface area contributed by atoms with Crippen molar-refractivity contribution in [2.75, 3.05) is 12.3 Å². The minimum Gasteiger partial charge on any atom is -0.398 e. The summed E-state index contributed by atoms with van der Waals surface area (Å²) >= 11 is 0. The maximum Gasteiger partial charge on any atom is 0.256 e. The van der Waals surface area contributed by atoms with Crippen LogP contribution in [0, 0.1) is 11.8 Å². The van der Waals surface area contributed by atoms with Gasteiger partial charge in [0.15, 0.2) is 0 Å². The number of hydrogen-bond donors (Lipinski definition) is 1. The van der Waals surface area contributed by atoms with Gasteiger partial charge in [-0.1, -0.05) is 31.9 Å². The standard InChI is InChI=1S/C17H24N2O/c1-12-10-11-19(16-9-5-3-6-13(12)16)17(20)14-7-2-4-8-15(14)18/h2,4,7-8,12-13,16H,3,5-6,9-11,18H2,1H3. The topological polar surface area (TPSA) is 46.3 Å². The molecule has 20 heavy (non-hydrogen) atoms. The van der Waals surface area contributed by atoms with Crippen molar-refractivity contribution >= 4 is 11.6 Å². The number of carbonyl (C=O) groups is 1. The lowest BCUT2D eigenvalue weighted by atomic mass is 9.72. The number of nitrogens with zero attached hydrogens (tertiary/aromatic N) is 1. The van der Waals surface area contributed by atoms with Crippen molar-refractivity contribution in [3.05, 3.63) is 29.8 Å². The van der Waals surface area contributed by atoms with Gasteiger partial charge in [0.2, 0.25) is 0 Å². The number of fused-ring (bicyclic) bond motifs is 1. The Balaban J connectivity index is 1.85. The fourth-order valence-corrected chi connectivity index (χ4v) is 4.01. The summed E-state index contributed by atoms with van der Waals surface area (Å²) in [6.07, 6.45) is 6.13. The molecule has 3 rings (SSSR count). The minimum absolute atomic E-state index is 0.131. The first-order valence-corrected chi connectivity index (χ1v) is 7.84.